The zero-order chi connectivity index (χ0) is 26.3. The maximum Gasteiger partial charge on any atom is 0.133 e. The Morgan fingerprint density at radius 3 is 2.62 bits per heavy atom. The molecular weight excluding hydrogens is 474 g/mol. The number of allylic oxidation sites excluding steroid dienone is 1. The molecule has 4 aliphatic carbocycles. The van der Waals surface area contributed by atoms with Gasteiger partial charge in [-0.1, -0.05) is 31.9 Å². The lowest BCUT2D eigenvalue weighted by molar-refractivity contribution is -0.129. The summed E-state index contributed by atoms with van der Waals surface area (Å²) in [5.74, 6) is 6.31. The van der Waals surface area contributed by atoms with Crippen molar-refractivity contribution in [3.63, 3.8) is 0 Å². The molecule has 6 aliphatic rings. The number of nitrogens with zero attached hydrogens (tertiary/aromatic N) is 1. The third-order valence-corrected chi connectivity index (χ3v) is 14.1. The van der Waals surface area contributed by atoms with Gasteiger partial charge in [-0.2, -0.15) is 0 Å². The summed E-state index contributed by atoms with van der Waals surface area (Å²) in [7, 11) is -0.482. The smallest absolute Gasteiger partial charge is 0.133 e. The maximum absolute atomic E-state index is 12.3. The van der Waals surface area contributed by atoms with Crippen LogP contribution in [0.25, 0.3) is 0 Å². The van der Waals surface area contributed by atoms with Gasteiger partial charge in [0.15, 0.2) is 0 Å². The minimum absolute atomic E-state index is 0.0432. The number of ketones is 1. The third-order valence-electron chi connectivity index (χ3n) is 12.7. The van der Waals surface area contributed by atoms with Crippen LogP contribution in [-0.2, 0) is 9.53 Å². The van der Waals surface area contributed by atoms with Crippen LogP contribution >= 0.6 is 10.0 Å². The lowest BCUT2D eigenvalue weighted by atomic mass is 9.52. The van der Waals surface area contributed by atoms with Gasteiger partial charge in [0, 0.05) is 37.9 Å². The van der Waals surface area contributed by atoms with E-state index in [9.17, 15) is 4.79 Å². The molecule has 0 aromatic heterocycles. The van der Waals surface area contributed by atoms with Gasteiger partial charge in [0.1, 0.15) is 5.78 Å². The molecule has 210 valence electrons. The number of hydrogen-bond acceptors (Lipinski definition) is 3. The van der Waals surface area contributed by atoms with Gasteiger partial charge < -0.3 is 4.74 Å². The van der Waals surface area contributed by atoms with E-state index < -0.39 is 10.0 Å². The maximum atomic E-state index is 12.3. The van der Waals surface area contributed by atoms with E-state index >= 15 is 0 Å². The van der Waals surface area contributed by atoms with Gasteiger partial charge in [-0.25, -0.2) is 10.0 Å². The summed E-state index contributed by atoms with van der Waals surface area (Å²) >= 11 is 0. The zero-order valence-corrected chi connectivity index (χ0v) is 25.8. The Hall–Kier alpha value is -0.320. The van der Waals surface area contributed by atoms with Gasteiger partial charge in [-0.05, 0) is 118 Å². The fourth-order valence-corrected chi connectivity index (χ4v) is 11.4. The number of carbonyl (C=O) groups excluding carboxylic acids is 1. The largest absolute Gasteiger partial charge is 0.369 e. The Bertz CT molecular complexity index is 952. The van der Waals surface area contributed by atoms with Crippen LogP contribution in [-0.4, -0.2) is 66.0 Å². The number of fused-ring (bicyclic) bond motifs is 6. The molecule has 0 amide bonds. The highest BCUT2D eigenvalue weighted by Crippen LogP contribution is 2.65. The molecule has 2 saturated heterocycles. The Balaban J connectivity index is 1.24. The highest BCUT2D eigenvalue weighted by atomic mass is 32.3. The Morgan fingerprint density at radius 1 is 1.08 bits per heavy atom. The van der Waals surface area contributed by atoms with Crippen molar-refractivity contribution in [1.29, 1.82) is 0 Å². The molecule has 0 unspecified atom stereocenters. The number of carbonyl (C=O) groups is 1. The minimum atomic E-state index is -0.482. The number of piperidine rings is 1. The lowest BCUT2D eigenvalue weighted by Crippen LogP contribution is -2.52. The van der Waals surface area contributed by atoms with Crippen molar-refractivity contribution in [2.75, 3.05) is 37.6 Å². The molecule has 0 N–H and O–H groups in total. The zero-order valence-electron chi connectivity index (χ0n) is 25.0. The first-order valence-corrected chi connectivity index (χ1v) is 18.7. The van der Waals surface area contributed by atoms with Crippen molar-refractivity contribution in [2.24, 2.45) is 40.9 Å². The summed E-state index contributed by atoms with van der Waals surface area (Å²) in [5.41, 5.74) is 3.96. The molecule has 2 heterocycles. The molecule has 3 saturated carbocycles. The second kappa shape index (κ2) is 9.37. The number of rotatable bonds is 3. The summed E-state index contributed by atoms with van der Waals surface area (Å²) in [6.07, 6.45) is 19.6. The van der Waals surface area contributed by atoms with Crippen LogP contribution < -0.4 is 0 Å². The van der Waals surface area contributed by atoms with Crippen LogP contribution in [0, 0.1) is 40.9 Å². The van der Waals surface area contributed by atoms with E-state index in [0.29, 0.717) is 35.2 Å². The van der Waals surface area contributed by atoms with Crippen molar-refractivity contribution in [3.8, 4) is 0 Å². The summed E-state index contributed by atoms with van der Waals surface area (Å²) in [4.78, 5) is 15.2. The van der Waals surface area contributed by atoms with Crippen LogP contribution in [0.2, 0.25) is 0 Å². The number of ether oxygens (including phenoxy) is 1. The molecule has 0 aromatic rings. The van der Waals surface area contributed by atoms with Crippen LogP contribution in [0.1, 0.15) is 91.9 Å². The van der Waals surface area contributed by atoms with Gasteiger partial charge in [0.05, 0.1) is 11.7 Å². The van der Waals surface area contributed by atoms with E-state index in [2.05, 4.69) is 51.4 Å². The molecule has 2 aliphatic heterocycles. The van der Waals surface area contributed by atoms with Gasteiger partial charge in [-0.3, -0.25) is 9.69 Å². The molecule has 3 nitrogen and oxygen atoms in total. The van der Waals surface area contributed by atoms with Gasteiger partial charge in [0.2, 0.25) is 0 Å². The van der Waals surface area contributed by atoms with Crippen molar-refractivity contribution >= 4 is 15.8 Å². The number of Topliss-reactive ketones (excluding diaryl/α,β-unsaturated/α-hetero) is 1. The Labute approximate surface area is 229 Å². The monoisotopic (exact) mass is 529 g/mol. The summed E-state index contributed by atoms with van der Waals surface area (Å²) < 4.78 is 7.30. The summed E-state index contributed by atoms with van der Waals surface area (Å²) in [5, 5.41) is 0. The Morgan fingerprint density at radius 2 is 1.86 bits per heavy atom. The number of hydrogen-bond donors (Lipinski definition) is 0. The van der Waals surface area contributed by atoms with E-state index in [-0.39, 0.29) is 5.60 Å². The predicted molar refractivity (Wildman–Crippen MR) is 157 cm³/mol. The molecule has 0 bridgehead atoms. The standard InChI is InChI=1S/C33H55NO2S/c1-21-16-30-31(34(20-21)14-15-37(5,6)7)23(3)33(36-30)13-11-26-27-9-8-24-17-25(35)10-12-32(24,4)29(27)18-28(26)22(2)19-33/h21,23-24,26-27,29-31H,8-20H2,1-7H3/t21-,23+,24+,26-,27-,29-,30+,31-,32-,33-/m0/s1. The first-order valence-electron chi connectivity index (χ1n) is 15.7. The molecule has 37 heavy (non-hydrogen) atoms. The van der Waals surface area contributed by atoms with E-state index in [0.717, 1.165) is 49.4 Å². The van der Waals surface area contributed by atoms with Crippen LogP contribution in [0.3, 0.4) is 0 Å². The molecule has 10 atom stereocenters. The average molecular weight is 530 g/mol. The quantitative estimate of drug-likeness (QED) is 0.366. The molecule has 6 rings (SSSR count). The number of likely N-dealkylation sites (tertiary alicyclic amines) is 1. The lowest BCUT2D eigenvalue weighted by Gasteiger charge is -2.52. The van der Waals surface area contributed by atoms with Crippen LogP contribution in [0.5, 0.6) is 0 Å². The summed E-state index contributed by atoms with van der Waals surface area (Å²) in [6, 6.07) is 0.607. The van der Waals surface area contributed by atoms with Gasteiger partial charge in [-0.15, -0.1) is 0 Å². The molecule has 0 aromatic carbocycles. The van der Waals surface area contributed by atoms with E-state index in [1.54, 1.807) is 5.57 Å². The average Bonchev–Trinajstić information content (AvgIpc) is 3.28. The Kier molecular flexibility index (Phi) is 6.81. The second-order valence-corrected chi connectivity index (χ2v) is 20.3. The van der Waals surface area contributed by atoms with Gasteiger partial charge in [0.25, 0.3) is 0 Å². The second-order valence-electron chi connectivity index (χ2n) is 15.8. The topological polar surface area (TPSA) is 29.5 Å². The van der Waals surface area contributed by atoms with Crippen molar-refractivity contribution < 1.29 is 9.53 Å². The van der Waals surface area contributed by atoms with Gasteiger partial charge >= 0.3 is 0 Å². The first-order chi connectivity index (χ1) is 17.4. The van der Waals surface area contributed by atoms with E-state index in [1.165, 1.54) is 57.4 Å². The highest BCUT2D eigenvalue weighted by molar-refractivity contribution is 8.32. The molecule has 0 radical (unpaired) electrons. The third kappa shape index (κ3) is 4.51. The first kappa shape index (κ1) is 26.9. The van der Waals surface area contributed by atoms with Crippen molar-refractivity contribution in [2.45, 2.75) is 110 Å². The molecule has 5 fully saturated rings. The highest BCUT2D eigenvalue weighted by Gasteiger charge is 2.60. The molecular formula is C33H55NO2S. The fourth-order valence-electron chi connectivity index (χ4n) is 10.6. The molecule has 1 spiro atoms. The fraction of sp³-hybridized carbons (Fsp3) is 0.909. The molecule has 4 heteroatoms. The minimum Gasteiger partial charge on any atom is -0.369 e. The normalized spacial score (nSPS) is 48.9. The summed E-state index contributed by atoms with van der Waals surface area (Å²) in [6.45, 7) is 12.6. The van der Waals surface area contributed by atoms with Crippen LogP contribution in [0.15, 0.2) is 11.1 Å². The predicted octanol–water partition coefficient (Wildman–Crippen LogP) is 7.09. The van der Waals surface area contributed by atoms with E-state index in [4.69, 9.17) is 4.74 Å². The van der Waals surface area contributed by atoms with Crippen molar-refractivity contribution in [3.05, 3.63) is 11.1 Å². The van der Waals surface area contributed by atoms with Crippen LogP contribution in [0.4, 0.5) is 0 Å². The van der Waals surface area contributed by atoms with E-state index in [1.807, 2.05) is 5.57 Å². The SMILES string of the molecule is CC1=C2C[C@H]3[C@@H](CC[C@@H]4CC(=O)CC[C@@]43C)[C@@H]2CC[C@@]2(C1)O[C@@H]1C[C@H](C)CN(CCS(C)(C)C)[C@H]1[C@H]2C. The van der Waals surface area contributed by atoms with Crippen molar-refractivity contribution in [1.82, 2.24) is 4.90 Å².